The molecule has 0 saturated heterocycles. The van der Waals surface area contributed by atoms with Crippen molar-refractivity contribution in [2.45, 2.75) is 17.9 Å². The molecule has 2 aromatic heterocycles. The summed E-state index contributed by atoms with van der Waals surface area (Å²) in [6.07, 6.45) is 4.03. The first-order valence-corrected chi connectivity index (χ1v) is 9.08. The number of anilines is 1. The van der Waals surface area contributed by atoms with Gasteiger partial charge in [-0.3, -0.25) is 9.40 Å². The zero-order chi connectivity index (χ0) is 18.2. The molecule has 130 valence electrons. The van der Waals surface area contributed by atoms with Crippen LogP contribution in [0.5, 0.6) is 0 Å². The van der Waals surface area contributed by atoms with Crippen molar-refractivity contribution in [1.29, 1.82) is 0 Å². The van der Waals surface area contributed by atoms with E-state index in [2.05, 4.69) is 19.6 Å². The number of aromatic nitrogens is 3. The standard InChI is InChI=1S/C15H14ClN5O3S/c1-9(8-22)21-7-10(5-19-21)25(23,24)20-12-4-3-11(16)14-13(17-2)6-18-15(12)14/h3-7,9,18,20,22H,8H2,1H3/t9-/m1/s1. The summed E-state index contributed by atoms with van der Waals surface area (Å²) in [4.78, 5) is 6.21. The molecule has 0 unspecified atom stereocenters. The molecule has 2 heterocycles. The fourth-order valence-electron chi connectivity index (χ4n) is 2.35. The Morgan fingerprint density at radius 2 is 2.28 bits per heavy atom. The van der Waals surface area contributed by atoms with Crippen molar-refractivity contribution in [3.05, 3.63) is 47.2 Å². The molecular formula is C15H14ClN5O3S. The van der Waals surface area contributed by atoms with Gasteiger partial charge in [0, 0.05) is 22.8 Å². The van der Waals surface area contributed by atoms with Crippen molar-refractivity contribution in [1.82, 2.24) is 14.8 Å². The van der Waals surface area contributed by atoms with Gasteiger partial charge in [0.15, 0.2) is 0 Å². The summed E-state index contributed by atoms with van der Waals surface area (Å²) in [5.74, 6) is 0. The Balaban J connectivity index is 2.01. The minimum absolute atomic E-state index is 0.0344. The summed E-state index contributed by atoms with van der Waals surface area (Å²) < 4.78 is 29.0. The number of sulfonamides is 1. The van der Waals surface area contributed by atoms with Crippen LogP contribution >= 0.6 is 11.6 Å². The van der Waals surface area contributed by atoms with Gasteiger partial charge >= 0.3 is 0 Å². The van der Waals surface area contributed by atoms with E-state index in [0.29, 0.717) is 21.6 Å². The Morgan fingerprint density at radius 1 is 1.52 bits per heavy atom. The second kappa shape index (κ2) is 6.40. The summed E-state index contributed by atoms with van der Waals surface area (Å²) in [6.45, 7) is 8.72. The molecule has 0 aliphatic heterocycles. The van der Waals surface area contributed by atoms with Crippen LogP contribution in [-0.4, -0.2) is 34.9 Å². The summed E-state index contributed by atoms with van der Waals surface area (Å²) in [5.41, 5.74) is 1.01. The van der Waals surface area contributed by atoms with Gasteiger partial charge in [-0.05, 0) is 19.1 Å². The molecule has 3 aromatic rings. The maximum Gasteiger partial charge on any atom is 0.265 e. The normalized spacial score (nSPS) is 12.9. The molecular weight excluding hydrogens is 366 g/mol. The molecule has 0 bridgehead atoms. The van der Waals surface area contributed by atoms with Crippen molar-refractivity contribution in [2.75, 3.05) is 11.3 Å². The number of fused-ring (bicyclic) bond motifs is 1. The predicted molar refractivity (Wildman–Crippen MR) is 94.4 cm³/mol. The smallest absolute Gasteiger partial charge is 0.265 e. The van der Waals surface area contributed by atoms with Gasteiger partial charge in [-0.15, -0.1) is 0 Å². The lowest BCUT2D eigenvalue weighted by Gasteiger charge is -2.09. The van der Waals surface area contributed by atoms with Gasteiger partial charge in [-0.25, -0.2) is 13.3 Å². The molecule has 0 aliphatic carbocycles. The maximum absolute atomic E-state index is 12.6. The molecule has 10 heteroatoms. The average molecular weight is 380 g/mol. The molecule has 0 aliphatic rings. The largest absolute Gasteiger partial charge is 0.394 e. The van der Waals surface area contributed by atoms with Gasteiger partial charge < -0.3 is 10.1 Å². The van der Waals surface area contributed by atoms with Crippen molar-refractivity contribution < 1.29 is 13.5 Å². The van der Waals surface area contributed by atoms with E-state index in [9.17, 15) is 8.42 Å². The second-order valence-corrected chi connectivity index (χ2v) is 7.51. The van der Waals surface area contributed by atoms with E-state index in [-0.39, 0.29) is 23.2 Å². The monoisotopic (exact) mass is 379 g/mol. The number of benzene rings is 1. The van der Waals surface area contributed by atoms with Gasteiger partial charge in [0.05, 0.1) is 36.6 Å². The van der Waals surface area contributed by atoms with Crippen molar-refractivity contribution >= 4 is 43.9 Å². The van der Waals surface area contributed by atoms with Crippen molar-refractivity contribution in [2.24, 2.45) is 0 Å². The van der Waals surface area contributed by atoms with E-state index in [0.717, 1.165) is 0 Å². The molecule has 3 rings (SSSR count). The second-order valence-electron chi connectivity index (χ2n) is 5.42. The molecule has 1 aromatic carbocycles. The summed E-state index contributed by atoms with van der Waals surface area (Å²) in [6, 6.07) is 2.71. The molecule has 0 saturated carbocycles. The Bertz CT molecular complexity index is 1080. The Kier molecular flexibility index (Phi) is 4.43. The zero-order valence-electron chi connectivity index (χ0n) is 13.1. The number of rotatable bonds is 5. The first-order valence-electron chi connectivity index (χ1n) is 7.22. The minimum atomic E-state index is -3.89. The number of aliphatic hydroxyl groups is 1. The molecule has 0 fully saturated rings. The number of halogens is 1. The molecule has 8 nitrogen and oxygen atoms in total. The number of nitrogens with one attached hydrogen (secondary N) is 2. The van der Waals surface area contributed by atoms with E-state index in [1.807, 2.05) is 0 Å². The lowest BCUT2D eigenvalue weighted by Crippen LogP contribution is -2.13. The lowest BCUT2D eigenvalue weighted by molar-refractivity contribution is 0.229. The van der Waals surface area contributed by atoms with Crippen LogP contribution in [-0.2, 0) is 10.0 Å². The highest BCUT2D eigenvalue weighted by atomic mass is 35.5. The molecule has 25 heavy (non-hydrogen) atoms. The number of hydrogen-bond acceptors (Lipinski definition) is 4. The highest BCUT2D eigenvalue weighted by Gasteiger charge is 2.20. The first kappa shape index (κ1) is 17.3. The highest BCUT2D eigenvalue weighted by Crippen LogP contribution is 2.37. The lowest BCUT2D eigenvalue weighted by atomic mass is 10.2. The van der Waals surface area contributed by atoms with E-state index in [1.165, 1.54) is 35.4 Å². The predicted octanol–water partition coefficient (Wildman–Crippen LogP) is 2.92. The van der Waals surface area contributed by atoms with Crippen LogP contribution < -0.4 is 4.72 Å². The third kappa shape index (κ3) is 3.07. The fourth-order valence-corrected chi connectivity index (χ4v) is 3.62. The fraction of sp³-hybridized carbons (Fsp3) is 0.200. The van der Waals surface area contributed by atoms with E-state index in [4.69, 9.17) is 23.3 Å². The van der Waals surface area contributed by atoms with Gasteiger partial charge in [-0.1, -0.05) is 11.6 Å². The highest BCUT2D eigenvalue weighted by molar-refractivity contribution is 7.92. The van der Waals surface area contributed by atoms with Crippen LogP contribution in [0.4, 0.5) is 11.4 Å². The maximum atomic E-state index is 12.6. The molecule has 3 N–H and O–H groups in total. The molecule has 0 radical (unpaired) electrons. The van der Waals surface area contributed by atoms with Crippen LogP contribution in [0, 0.1) is 6.57 Å². The van der Waals surface area contributed by atoms with Gasteiger partial charge in [0.25, 0.3) is 10.0 Å². The number of aromatic amines is 1. The topological polar surface area (TPSA) is 104 Å². The van der Waals surface area contributed by atoms with Crippen LogP contribution in [0.25, 0.3) is 15.7 Å². The summed E-state index contributed by atoms with van der Waals surface area (Å²) in [5, 5.41) is 13.9. The van der Waals surface area contributed by atoms with E-state index >= 15 is 0 Å². The first-order chi connectivity index (χ1) is 11.9. The van der Waals surface area contributed by atoms with Gasteiger partial charge in [0.1, 0.15) is 4.90 Å². The van der Waals surface area contributed by atoms with E-state index in [1.54, 1.807) is 6.92 Å². The van der Waals surface area contributed by atoms with Gasteiger partial charge in [0.2, 0.25) is 5.69 Å². The quantitative estimate of drug-likeness (QED) is 0.593. The van der Waals surface area contributed by atoms with Gasteiger partial charge in [-0.2, -0.15) is 5.10 Å². The number of hydrogen-bond donors (Lipinski definition) is 3. The Hall–Kier alpha value is -2.54. The minimum Gasteiger partial charge on any atom is -0.394 e. The number of aliphatic hydroxyl groups excluding tert-OH is 1. The Labute approximate surface area is 148 Å². The van der Waals surface area contributed by atoms with E-state index < -0.39 is 10.0 Å². The third-order valence-corrected chi connectivity index (χ3v) is 5.37. The molecule has 1 atom stereocenters. The van der Waals surface area contributed by atoms with Crippen LogP contribution in [0.1, 0.15) is 13.0 Å². The molecule has 0 amide bonds. The number of H-pyrrole nitrogens is 1. The van der Waals surface area contributed by atoms with Crippen molar-refractivity contribution in [3.63, 3.8) is 0 Å². The zero-order valence-corrected chi connectivity index (χ0v) is 14.6. The van der Waals surface area contributed by atoms with Crippen LogP contribution in [0.2, 0.25) is 5.02 Å². The molecule has 0 spiro atoms. The SMILES string of the molecule is [C-]#[N+]c1c[nH]c2c(NS(=O)(=O)c3cnn([C@H](C)CO)c3)ccc(Cl)c12. The number of nitrogens with zero attached hydrogens (tertiary/aromatic N) is 3. The van der Waals surface area contributed by atoms with Crippen molar-refractivity contribution in [3.8, 4) is 0 Å². The third-order valence-electron chi connectivity index (χ3n) is 3.73. The average Bonchev–Trinajstić information content (AvgIpc) is 3.24. The summed E-state index contributed by atoms with van der Waals surface area (Å²) >= 11 is 6.12. The van der Waals surface area contributed by atoms with Crippen LogP contribution in [0.15, 0.2) is 35.6 Å². The summed E-state index contributed by atoms with van der Waals surface area (Å²) in [7, 11) is -3.89. The Morgan fingerprint density at radius 3 is 2.96 bits per heavy atom. The van der Waals surface area contributed by atoms with Crippen LogP contribution in [0.3, 0.4) is 0 Å².